The molecule has 0 amide bonds. The second-order valence-electron chi connectivity index (χ2n) is 5.99. The summed E-state index contributed by atoms with van der Waals surface area (Å²) in [7, 11) is 3.39. The minimum Gasteiger partial charge on any atom is -0.379 e. The Bertz CT molecular complexity index is 475. The van der Waals surface area contributed by atoms with Crippen LogP contribution in [0.2, 0.25) is 0 Å². The summed E-state index contributed by atoms with van der Waals surface area (Å²) in [6.45, 7) is 7.39. The van der Waals surface area contributed by atoms with Gasteiger partial charge in [-0.1, -0.05) is 39.0 Å². The maximum Gasteiger partial charge on any atom is 0.191 e. The van der Waals surface area contributed by atoms with Crippen LogP contribution in [0.4, 0.5) is 4.39 Å². The Labute approximate surface area is 149 Å². The minimum absolute atomic E-state index is 0. The molecule has 0 bridgehead atoms. The van der Waals surface area contributed by atoms with Crippen molar-refractivity contribution in [2.45, 2.75) is 33.4 Å². The van der Waals surface area contributed by atoms with Gasteiger partial charge in [0.2, 0.25) is 0 Å². The topological polar surface area (TPSA) is 45.7 Å². The van der Waals surface area contributed by atoms with Gasteiger partial charge in [0.25, 0.3) is 0 Å². The first-order valence-electron chi connectivity index (χ1n) is 7.09. The Morgan fingerprint density at radius 1 is 1.27 bits per heavy atom. The van der Waals surface area contributed by atoms with Gasteiger partial charge in [-0.15, -0.1) is 24.0 Å². The molecule has 1 aromatic rings. The highest BCUT2D eigenvalue weighted by Gasteiger charge is 2.24. The molecule has 0 aromatic heterocycles. The number of halogens is 2. The molecule has 1 unspecified atom stereocenters. The monoisotopic (exact) mass is 423 g/mol. The predicted molar refractivity (Wildman–Crippen MR) is 100 cm³/mol. The first-order chi connectivity index (χ1) is 9.88. The number of hydrogen-bond acceptors (Lipinski definition) is 2. The Balaban J connectivity index is 0.00000441. The molecule has 6 heteroatoms. The SMILES string of the molecule is CN=C(NCc1ccccc1F)NCC(OC)C(C)(C)C.I. The summed E-state index contributed by atoms with van der Waals surface area (Å²) >= 11 is 0. The van der Waals surface area contributed by atoms with E-state index >= 15 is 0 Å². The highest BCUT2D eigenvalue weighted by atomic mass is 127. The zero-order valence-corrected chi connectivity index (χ0v) is 16.3. The third-order valence-corrected chi connectivity index (χ3v) is 3.33. The van der Waals surface area contributed by atoms with Crippen LogP contribution in [0, 0.1) is 11.2 Å². The number of methoxy groups -OCH3 is 1. The molecule has 1 rings (SSSR count). The van der Waals surface area contributed by atoms with E-state index in [1.54, 1.807) is 26.3 Å². The van der Waals surface area contributed by atoms with Crippen molar-refractivity contribution in [2.75, 3.05) is 20.7 Å². The van der Waals surface area contributed by atoms with E-state index in [0.717, 1.165) is 0 Å². The van der Waals surface area contributed by atoms with Crippen LogP contribution in [0.25, 0.3) is 0 Å². The molecule has 126 valence electrons. The van der Waals surface area contributed by atoms with Gasteiger partial charge >= 0.3 is 0 Å². The highest BCUT2D eigenvalue weighted by Crippen LogP contribution is 2.20. The fourth-order valence-electron chi connectivity index (χ4n) is 1.97. The van der Waals surface area contributed by atoms with Crippen molar-refractivity contribution >= 4 is 29.9 Å². The Morgan fingerprint density at radius 2 is 1.91 bits per heavy atom. The summed E-state index contributed by atoms with van der Waals surface area (Å²) in [6, 6.07) is 6.70. The lowest BCUT2D eigenvalue weighted by molar-refractivity contribution is 0.0205. The van der Waals surface area contributed by atoms with Crippen molar-refractivity contribution in [2.24, 2.45) is 10.4 Å². The van der Waals surface area contributed by atoms with E-state index in [9.17, 15) is 4.39 Å². The average Bonchev–Trinajstić information content (AvgIpc) is 2.43. The minimum atomic E-state index is -0.218. The van der Waals surface area contributed by atoms with E-state index in [4.69, 9.17) is 4.74 Å². The normalized spacial score (nSPS) is 13.3. The van der Waals surface area contributed by atoms with Gasteiger partial charge in [0, 0.05) is 32.8 Å². The van der Waals surface area contributed by atoms with Crippen molar-refractivity contribution in [1.29, 1.82) is 0 Å². The molecular formula is C16H27FIN3O. The molecule has 0 saturated carbocycles. The van der Waals surface area contributed by atoms with Gasteiger partial charge in [0.1, 0.15) is 5.82 Å². The Kier molecular flexibility index (Phi) is 9.59. The van der Waals surface area contributed by atoms with Crippen LogP contribution in [0.15, 0.2) is 29.3 Å². The van der Waals surface area contributed by atoms with Crippen LogP contribution in [-0.4, -0.2) is 32.8 Å². The average molecular weight is 423 g/mol. The van der Waals surface area contributed by atoms with E-state index in [1.807, 2.05) is 6.07 Å². The zero-order valence-electron chi connectivity index (χ0n) is 13.9. The number of guanidine groups is 1. The maximum atomic E-state index is 13.5. The van der Waals surface area contributed by atoms with Crippen LogP contribution in [-0.2, 0) is 11.3 Å². The lowest BCUT2D eigenvalue weighted by Gasteiger charge is -2.30. The number of benzene rings is 1. The molecule has 0 fully saturated rings. The number of ether oxygens (including phenoxy) is 1. The van der Waals surface area contributed by atoms with Gasteiger partial charge in [-0.2, -0.15) is 0 Å². The summed E-state index contributed by atoms with van der Waals surface area (Å²) in [5, 5.41) is 6.31. The summed E-state index contributed by atoms with van der Waals surface area (Å²) in [5.41, 5.74) is 0.645. The summed E-state index contributed by atoms with van der Waals surface area (Å²) in [6.07, 6.45) is 0.0597. The van der Waals surface area contributed by atoms with E-state index in [0.29, 0.717) is 24.6 Å². The summed E-state index contributed by atoms with van der Waals surface area (Å²) in [4.78, 5) is 4.14. The van der Waals surface area contributed by atoms with Crippen LogP contribution in [0.5, 0.6) is 0 Å². The van der Waals surface area contributed by atoms with Crippen LogP contribution < -0.4 is 10.6 Å². The number of rotatable bonds is 5. The van der Waals surface area contributed by atoms with Crippen molar-refractivity contribution in [3.63, 3.8) is 0 Å². The van der Waals surface area contributed by atoms with Gasteiger partial charge in [0.15, 0.2) is 5.96 Å². The zero-order chi connectivity index (χ0) is 15.9. The molecule has 0 aliphatic rings. The van der Waals surface area contributed by atoms with Gasteiger partial charge in [-0.05, 0) is 11.5 Å². The largest absolute Gasteiger partial charge is 0.379 e. The first-order valence-corrected chi connectivity index (χ1v) is 7.09. The molecule has 0 saturated heterocycles. The molecule has 22 heavy (non-hydrogen) atoms. The molecule has 0 radical (unpaired) electrons. The smallest absolute Gasteiger partial charge is 0.191 e. The van der Waals surface area contributed by atoms with Crippen molar-refractivity contribution < 1.29 is 9.13 Å². The van der Waals surface area contributed by atoms with E-state index in [-0.39, 0.29) is 41.3 Å². The summed E-state index contributed by atoms with van der Waals surface area (Å²) < 4.78 is 19.0. The van der Waals surface area contributed by atoms with Gasteiger partial charge in [-0.25, -0.2) is 4.39 Å². The molecule has 0 spiro atoms. The predicted octanol–water partition coefficient (Wildman–Crippen LogP) is 3.17. The number of nitrogens with zero attached hydrogens (tertiary/aromatic N) is 1. The second kappa shape index (κ2) is 9.99. The van der Waals surface area contributed by atoms with E-state index in [1.165, 1.54) is 6.07 Å². The standard InChI is InChI=1S/C16H26FN3O.HI/c1-16(2,3)14(21-5)11-20-15(18-4)19-10-12-8-6-7-9-13(12)17;/h6-9,14H,10-11H2,1-5H3,(H2,18,19,20);1H. The van der Waals surface area contributed by atoms with Crippen LogP contribution in [0.3, 0.4) is 0 Å². The molecule has 0 heterocycles. The van der Waals surface area contributed by atoms with E-state index < -0.39 is 0 Å². The molecule has 2 N–H and O–H groups in total. The Hall–Kier alpha value is -0.890. The molecule has 1 aromatic carbocycles. The van der Waals surface area contributed by atoms with Crippen molar-refractivity contribution in [3.8, 4) is 0 Å². The fourth-order valence-corrected chi connectivity index (χ4v) is 1.97. The van der Waals surface area contributed by atoms with Crippen molar-refractivity contribution in [1.82, 2.24) is 10.6 Å². The third kappa shape index (κ3) is 6.91. The molecule has 0 aliphatic heterocycles. The maximum absolute atomic E-state index is 13.5. The summed E-state index contributed by atoms with van der Waals surface area (Å²) in [5.74, 6) is 0.412. The third-order valence-electron chi connectivity index (χ3n) is 3.33. The van der Waals surface area contributed by atoms with Crippen LogP contribution in [0.1, 0.15) is 26.3 Å². The number of aliphatic imine (C=N–C) groups is 1. The second-order valence-corrected chi connectivity index (χ2v) is 5.99. The van der Waals surface area contributed by atoms with E-state index in [2.05, 4.69) is 36.4 Å². The van der Waals surface area contributed by atoms with Crippen molar-refractivity contribution in [3.05, 3.63) is 35.6 Å². The highest BCUT2D eigenvalue weighted by molar-refractivity contribution is 14.0. The van der Waals surface area contributed by atoms with Gasteiger partial charge < -0.3 is 15.4 Å². The number of hydrogen-bond donors (Lipinski definition) is 2. The lowest BCUT2D eigenvalue weighted by atomic mass is 9.89. The lowest BCUT2D eigenvalue weighted by Crippen LogP contribution is -2.45. The Morgan fingerprint density at radius 3 is 2.41 bits per heavy atom. The fraction of sp³-hybridized carbons (Fsp3) is 0.562. The molecule has 4 nitrogen and oxygen atoms in total. The molecular weight excluding hydrogens is 396 g/mol. The molecule has 1 atom stereocenters. The quantitative estimate of drug-likeness (QED) is 0.435. The van der Waals surface area contributed by atoms with Crippen LogP contribution >= 0.6 is 24.0 Å². The number of nitrogens with one attached hydrogen (secondary N) is 2. The first kappa shape index (κ1) is 21.1. The molecule has 0 aliphatic carbocycles. The van der Waals surface area contributed by atoms with Gasteiger partial charge in [-0.3, -0.25) is 4.99 Å². The van der Waals surface area contributed by atoms with Gasteiger partial charge in [0.05, 0.1) is 6.10 Å².